The number of benzene rings is 9. The number of esters is 2. The number of ether oxygens (including phenoxy) is 3. The number of nitrogens with one attached hydrogen (secondary N) is 2. The fourth-order valence-electron chi connectivity index (χ4n) is 8.66. The van der Waals surface area contributed by atoms with E-state index >= 15 is 0 Å². The molecular weight excluding hydrogens is 945 g/mol. The predicted molar refractivity (Wildman–Crippen MR) is 305 cm³/mol. The molecule has 76 heavy (non-hydrogen) atoms. The minimum Gasteiger partial charge on any atom is -0.494 e. The van der Waals surface area contributed by atoms with E-state index in [4.69, 9.17) is 34.7 Å². The summed E-state index contributed by atoms with van der Waals surface area (Å²) in [6, 6.07) is 62.5. The molecule has 0 aliphatic heterocycles. The van der Waals surface area contributed by atoms with Gasteiger partial charge >= 0.3 is 11.9 Å². The number of fused-ring (bicyclic) bond motifs is 2. The zero-order chi connectivity index (χ0) is 52.6. The molecule has 11 nitrogen and oxygen atoms in total. The first-order valence-corrected chi connectivity index (χ1v) is 25.5. The Morgan fingerprint density at radius 2 is 0.987 bits per heavy atom. The Bertz CT molecular complexity index is 3560. The third-order valence-corrected chi connectivity index (χ3v) is 12.9. The average Bonchev–Trinajstić information content (AvgIpc) is 3.45. The lowest BCUT2D eigenvalue weighted by atomic mass is 10.0. The molecule has 0 aliphatic carbocycles. The number of unbranched alkanes of at least 4 members (excludes halogenated alkanes) is 3. The maximum Gasteiger partial charge on any atom is 0.343 e. The molecule has 1 radical (unpaired) electrons. The van der Waals surface area contributed by atoms with Gasteiger partial charge in [-0.25, -0.2) is 9.59 Å². The average molecular weight is 1000 g/mol. The van der Waals surface area contributed by atoms with Crippen LogP contribution < -0.4 is 20.1 Å². The van der Waals surface area contributed by atoms with Crippen molar-refractivity contribution in [3.8, 4) is 22.6 Å². The number of nitrogens with zero attached hydrogens (tertiary/aromatic N) is 4. The van der Waals surface area contributed by atoms with Gasteiger partial charge < -0.3 is 24.8 Å². The lowest BCUT2D eigenvalue weighted by Crippen LogP contribution is -2.08. The topological polar surface area (TPSA) is 135 Å². The quantitative estimate of drug-likeness (QED) is 0.0227. The molecule has 0 aliphatic rings. The van der Waals surface area contributed by atoms with Crippen LogP contribution in [0.2, 0.25) is 0 Å². The van der Waals surface area contributed by atoms with Crippen molar-refractivity contribution in [1.29, 1.82) is 0 Å². The van der Waals surface area contributed by atoms with Crippen LogP contribution in [0.25, 0.3) is 32.7 Å². The maximum absolute atomic E-state index is 12.9. The lowest BCUT2D eigenvalue weighted by molar-refractivity contribution is -0.139. The number of azo groups is 2. The Labute approximate surface area is 444 Å². The summed E-state index contributed by atoms with van der Waals surface area (Å²) in [7, 11) is 0. The van der Waals surface area contributed by atoms with Gasteiger partial charge in [-0.15, -0.1) is 10.2 Å². The Morgan fingerprint density at radius 1 is 0.513 bits per heavy atom. The summed E-state index contributed by atoms with van der Waals surface area (Å²) < 4.78 is 16.6. The molecule has 9 rings (SSSR count). The standard InChI is InChI=1S/C65H59N6O5/c1-44(2)64(72)75-39-15-6-5-14-38-74-52-30-24-49(25-31-52)65(73)76-53-28-22-48(23-29-53)43-67-61-35-37-63(57-21-13-11-19-55(57)61)71-69-59-33-27-51(41-46(59)4)50-26-32-58(45(3)40-50)68-70-62-36-34-60(54-18-10-12-20-56(54)62)66-42-47-16-8-7-9-17-47/h8-13,16-37,40-41,66-67H,1,5-6,14-15,38-39,42-43H2,2-4H3/b70-68+,71-69+. The van der Waals surface area contributed by atoms with Gasteiger partial charge in [-0.3, -0.25) is 0 Å². The molecule has 0 aromatic heterocycles. The van der Waals surface area contributed by atoms with E-state index in [1.807, 2.05) is 78.9 Å². The van der Waals surface area contributed by atoms with E-state index in [1.54, 1.807) is 43.3 Å². The molecule has 0 saturated carbocycles. The Morgan fingerprint density at radius 3 is 1.51 bits per heavy atom. The van der Waals surface area contributed by atoms with Gasteiger partial charge in [0, 0.05) is 51.6 Å². The second-order valence-electron chi connectivity index (χ2n) is 18.6. The van der Waals surface area contributed by atoms with Crippen molar-refractivity contribution in [3.63, 3.8) is 0 Å². The molecule has 0 heterocycles. The van der Waals surface area contributed by atoms with Crippen molar-refractivity contribution in [2.75, 3.05) is 23.8 Å². The zero-order valence-corrected chi connectivity index (χ0v) is 43.0. The molecule has 2 N–H and O–H groups in total. The van der Waals surface area contributed by atoms with E-state index in [-0.39, 0.29) is 5.97 Å². The molecule has 9 aromatic rings. The molecule has 0 amide bonds. The fourth-order valence-corrected chi connectivity index (χ4v) is 8.66. The van der Waals surface area contributed by atoms with Gasteiger partial charge in [0.05, 0.1) is 41.5 Å². The van der Waals surface area contributed by atoms with E-state index in [0.29, 0.717) is 48.9 Å². The van der Waals surface area contributed by atoms with Gasteiger partial charge in [0.15, 0.2) is 0 Å². The summed E-state index contributed by atoms with van der Waals surface area (Å²) in [4.78, 5) is 24.4. The van der Waals surface area contributed by atoms with Gasteiger partial charge in [0.1, 0.15) is 11.5 Å². The molecule has 0 saturated heterocycles. The Kier molecular flexibility index (Phi) is 17.1. The smallest absolute Gasteiger partial charge is 0.343 e. The van der Waals surface area contributed by atoms with Gasteiger partial charge in [-0.2, -0.15) is 10.2 Å². The molecule has 0 fully saturated rings. The van der Waals surface area contributed by atoms with Crippen LogP contribution in [0.15, 0.2) is 215 Å². The number of hydrogen-bond acceptors (Lipinski definition) is 11. The molecule has 0 unspecified atom stereocenters. The normalized spacial score (nSPS) is 11.3. The van der Waals surface area contributed by atoms with E-state index < -0.39 is 5.97 Å². The number of anilines is 2. The highest BCUT2D eigenvalue weighted by Gasteiger charge is 2.12. The van der Waals surface area contributed by atoms with E-state index in [0.717, 1.165) is 109 Å². The molecule has 0 atom stereocenters. The number of rotatable bonds is 22. The first-order valence-electron chi connectivity index (χ1n) is 25.5. The molecule has 0 bridgehead atoms. The lowest BCUT2D eigenvalue weighted by Gasteiger charge is -2.12. The summed E-state index contributed by atoms with van der Waals surface area (Å²) in [6.07, 6.45) is 3.57. The first kappa shape index (κ1) is 51.7. The van der Waals surface area contributed by atoms with Crippen LogP contribution in [0.3, 0.4) is 0 Å². The maximum atomic E-state index is 12.9. The monoisotopic (exact) mass is 1000 g/mol. The van der Waals surface area contributed by atoms with Crippen molar-refractivity contribution >= 4 is 67.6 Å². The summed E-state index contributed by atoms with van der Waals surface area (Å²) in [5, 5.41) is 30.2. The van der Waals surface area contributed by atoms with Crippen LogP contribution in [-0.4, -0.2) is 25.2 Å². The summed E-state index contributed by atoms with van der Waals surface area (Å²) >= 11 is 0. The van der Waals surface area contributed by atoms with E-state index in [2.05, 4.69) is 104 Å². The third-order valence-electron chi connectivity index (χ3n) is 12.9. The van der Waals surface area contributed by atoms with Crippen molar-refractivity contribution in [2.45, 2.75) is 59.5 Å². The van der Waals surface area contributed by atoms with Crippen LogP contribution in [0, 0.1) is 19.9 Å². The summed E-state index contributed by atoms with van der Waals surface area (Å²) in [5.41, 5.74) is 12.4. The van der Waals surface area contributed by atoms with Gasteiger partial charge in [-0.05, 0) is 171 Å². The highest BCUT2D eigenvalue weighted by Crippen LogP contribution is 2.37. The minimum atomic E-state index is -0.447. The molecule has 9 aromatic carbocycles. The minimum absolute atomic E-state index is 0.349. The van der Waals surface area contributed by atoms with Crippen molar-refractivity contribution in [3.05, 3.63) is 228 Å². The SMILES string of the molecule is C=C(C)C(=O)OCCCCCCOc1ccc(C(=O)Oc2ccc(CNc3ccc(/N=N/c4ccc(-c5ccc(/N=N/c6ccc(NCc7cc[c]cc7)c7ccccc67)c(C)c5)cc4C)c4ccccc34)cc2)cc1. The second-order valence-corrected chi connectivity index (χ2v) is 18.6. The van der Waals surface area contributed by atoms with E-state index in [9.17, 15) is 9.59 Å². The van der Waals surface area contributed by atoms with E-state index in [1.165, 1.54) is 5.56 Å². The molecule has 11 heteroatoms. The van der Waals surface area contributed by atoms with Gasteiger partial charge in [0.2, 0.25) is 0 Å². The first-order chi connectivity index (χ1) is 37.1. The number of aryl methyl sites for hydroxylation is 2. The van der Waals surface area contributed by atoms with Crippen molar-refractivity contribution in [1.82, 2.24) is 0 Å². The third kappa shape index (κ3) is 13.5. The van der Waals surface area contributed by atoms with Crippen molar-refractivity contribution in [2.24, 2.45) is 20.5 Å². The van der Waals surface area contributed by atoms with Crippen LogP contribution in [0.1, 0.15) is 65.2 Å². The van der Waals surface area contributed by atoms with Crippen LogP contribution >= 0.6 is 0 Å². The van der Waals surface area contributed by atoms with Crippen LogP contribution in [0.4, 0.5) is 34.1 Å². The number of carbonyl (C=O) groups is 2. The fraction of sp³-hybridized carbons (Fsp3) is 0.169. The van der Waals surface area contributed by atoms with Gasteiger partial charge in [-0.1, -0.05) is 104 Å². The number of carbonyl (C=O) groups excluding carboxylic acids is 2. The Hall–Kier alpha value is -9.22. The largest absolute Gasteiger partial charge is 0.494 e. The number of hydrogen-bond donors (Lipinski definition) is 2. The molecular formula is C65H59N6O5. The predicted octanol–water partition coefficient (Wildman–Crippen LogP) is 17.4. The van der Waals surface area contributed by atoms with Crippen molar-refractivity contribution < 1.29 is 23.8 Å². The van der Waals surface area contributed by atoms with Gasteiger partial charge in [0.25, 0.3) is 0 Å². The van der Waals surface area contributed by atoms with Crippen LogP contribution in [-0.2, 0) is 22.6 Å². The highest BCUT2D eigenvalue weighted by atomic mass is 16.5. The molecule has 0 spiro atoms. The Balaban J connectivity index is 0.764. The highest BCUT2D eigenvalue weighted by molar-refractivity contribution is 6.02. The summed E-state index contributed by atoms with van der Waals surface area (Å²) in [5.74, 6) is 0.343. The zero-order valence-electron chi connectivity index (χ0n) is 43.0. The van der Waals surface area contributed by atoms with Crippen LogP contribution in [0.5, 0.6) is 11.5 Å². The summed E-state index contributed by atoms with van der Waals surface area (Å²) in [6.45, 7) is 11.6. The molecule has 379 valence electrons. The second kappa shape index (κ2) is 25.1.